The van der Waals surface area contributed by atoms with E-state index in [-0.39, 0.29) is 25.0 Å². The molecular formula is C13H18O5. The van der Waals surface area contributed by atoms with E-state index >= 15 is 0 Å². The minimum absolute atomic E-state index is 0.111. The summed E-state index contributed by atoms with van der Waals surface area (Å²) in [4.78, 5) is 34.4. The van der Waals surface area contributed by atoms with E-state index in [2.05, 4.69) is 0 Å². The molecule has 0 fully saturated rings. The Morgan fingerprint density at radius 3 is 2.56 bits per heavy atom. The van der Waals surface area contributed by atoms with Gasteiger partial charge in [0.2, 0.25) is 0 Å². The van der Waals surface area contributed by atoms with E-state index in [0.717, 1.165) is 5.57 Å². The van der Waals surface area contributed by atoms with Gasteiger partial charge < -0.3 is 9.47 Å². The molecule has 0 aromatic carbocycles. The van der Waals surface area contributed by atoms with Crippen LogP contribution >= 0.6 is 0 Å². The highest BCUT2D eigenvalue weighted by molar-refractivity contribution is 6.09. The summed E-state index contributed by atoms with van der Waals surface area (Å²) in [6.07, 6.45) is 2.33. The van der Waals surface area contributed by atoms with Crippen LogP contribution in [0.4, 0.5) is 0 Å². The summed E-state index contributed by atoms with van der Waals surface area (Å²) in [5.41, 5.74) is -0.368. The number of ketones is 1. The van der Waals surface area contributed by atoms with Gasteiger partial charge in [-0.1, -0.05) is 0 Å². The molecule has 18 heavy (non-hydrogen) atoms. The van der Waals surface area contributed by atoms with Gasteiger partial charge in [-0.15, -0.1) is 0 Å². The summed E-state index contributed by atoms with van der Waals surface area (Å²) in [5, 5.41) is 0. The SMILES string of the molecule is CCOC(=O)C1(C)CCC(COC(C)=O)=CC1=O. The monoisotopic (exact) mass is 254 g/mol. The molecular weight excluding hydrogens is 236 g/mol. The first-order valence-electron chi connectivity index (χ1n) is 5.94. The van der Waals surface area contributed by atoms with Crippen molar-refractivity contribution in [2.45, 2.75) is 33.6 Å². The van der Waals surface area contributed by atoms with Gasteiger partial charge in [0.25, 0.3) is 0 Å². The third-order valence-electron chi connectivity index (χ3n) is 3.01. The molecule has 0 bridgehead atoms. The van der Waals surface area contributed by atoms with Crippen LogP contribution in [-0.2, 0) is 23.9 Å². The Labute approximate surface area is 106 Å². The third kappa shape index (κ3) is 3.18. The third-order valence-corrected chi connectivity index (χ3v) is 3.01. The minimum atomic E-state index is -1.10. The van der Waals surface area contributed by atoms with E-state index < -0.39 is 11.4 Å². The number of rotatable bonds is 4. The minimum Gasteiger partial charge on any atom is -0.465 e. The lowest BCUT2D eigenvalue weighted by Gasteiger charge is -2.28. The highest BCUT2D eigenvalue weighted by Gasteiger charge is 2.43. The molecule has 0 N–H and O–H groups in total. The normalized spacial score (nSPS) is 23.3. The Morgan fingerprint density at radius 1 is 1.39 bits per heavy atom. The maximum Gasteiger partial charge on any atom is 0.319 e. The van der Waals surface area contributed by atoms with Crippen LogP contribution < -0.4 is 0 Å². The second-order valence-electron chi connectivity index (χ2n) is 4.50. The van der Waals surface area contributed by atoms with E-state index in [9.17, 15) is 14.4 Å². The fraction of sp³-hybridized carbons (Fsp3) is 0.615. The van der Waals surface area contributed by atoms with Crippen molar-refractivity contribution in [1.29, 1.82) is 0 Å². The average Bonchev–Trinajstić information content (AvgIpc) is 2.31. The van der Waals surface area contributed by atoms with Crippen LogP contribution in [0, 0.1) is 5.41 Å². The molecule has 1 aliphatic carbocycles. The average molecular weight is 254 g/mol. The van der Waals surface area contributed by atoms with Crippen LogP contribution in [0.3, 0.4) is 0 Å². The van der Waals surface area contributed by atoms with Crippen molar-refractivity contribution in [3.63, 3.8) is 0 Å². The molecule has 0 saturated carbocycles. The van der Waals surface area contributed by atoms with Crippen LogP contribution in [0.1, 0.15) is 33.6 Å². The number of carbonyl (C=O) groups is 3. The van der Waals surface area contributed by atoms with E-state index in [1.807, 2.05) is 0 Å². The van der Waals surface area contributed by atoms with Crippen LogP contribution in [0.15, 0.2) is 11.6 Å². The van der Waals surface area contributed by atoms with E-state index in [1.165, 1.54) is 13.0 Å². The lowest BCUT2D eigenvalue weighted by Crippen LogP contribution is -2.39. The lowest BCUT2D eigenvalue weighted by atomic mass is 9.75. The number of allylic oxidation sites excluding steroid dienone is 1. The summed E-state index contributed by atoms with van der Waals surface area (Å²) >= 11 is 0. The molecule has 100 valence electrons. The second kappa shape index (κ2) is 5.80. The Hall–Kier alpha value is -1.65. The van der Waals surface area contributed by atoms with Crippen molar-refractivity contribution in [2.24, 2.45) is 5.41 Å². The summed E-state index contributed by atoms with van der Waals surface area (Å²) in [5.74, 6) is -1.16. The van der Waals surface area contributed by atoms with Crippen molar-refractivity contribution < 1.29 is 23.9 Å². The van der Waals surface area contributed by atoms with Gasteiger partial charge in [0, 0.05) is 6.92 Å². The summed E-state index contributed by atoms with van der Waals surface area (Å²) in [7, 11) is 0. The van der Waals surface area contributed by atoms with Crippen LogP contribution in [-0.4, -0.2) is 30.9 Å². The predicted molar refractivity (Wildman–Crippen MR) is 63.7 cm³/mol. The molecule has 0 aliphatic heterocycles. The molecule has 1 unspecified atom stereocenters. The van der Waals surface area contributed by atoms with Crippen molar-refractivity contribution in [2.75, 3.05) is 13.2 Å². The van der Waals surface area contributed by atoms with E-state index in [4.69, 9.17) is 9.47 Å². The summed E-state index contributed by atoms with van der Waals surface area (Å²) < 4.78 is 9.74. The smallest absolute Gasteiger partial charge is 0.319 e. The standard InChI is InChI=1S/C13H18O5/c1-4-17-12(16)13(3)6-5-10(7-11(13)15)8-18-9(2)14/h7H,4-6,8H2,1-3H3. The molecule has 5 nitrogen and oxygen atoms in total. The van der Waals surface area contributed by atoms with Crippen molar-refractivity contribution in [1.82, 2.24) is 0 Å². The highest BCUT2D eigenvalue weighted by Crippen LogP contribution is 2.33. The second-order valence-corrected chi connectivity index (χ2v) is 4.50. The van der Waals surface area contributed by atoms with Gasteiger partial charge in [-0.2, -0.15) is 0 Å². The Morgan fingerprint density at radius 2 is 2.06 bits per heavy atom. The van der Waals surface area contributed by atoms with Gasteiger partial charge in [0.1, 0.15) is 12.0 Å². The van der Waals surface area contributed by atoms with Gasteiger partial charge in [-0.05, 0) is 38.3 Å². The fourth-order valence-electron chi connectivity index (χ4n) is 1.75. The molecule has 0 saturated heterocycles. The first-order chi connectivity index (χ1) is 8.40. The van der Waals surface area contributed by atoms with E-state index in [0.29, 0.717) is 12.8 Å². The topological polar surface area (TPSA) is 69.7 Å². The molecule has 0 radical (unpaired) electrons. The molecule has 1 rings (SSSR count). The number of carbonyl (C=O) groups excluding carboxylic acids is 3. The number of ether oxygens (including phenoxy) is 2. The van der Waals surface area contributed by atoms with Gasteiger partial charge in [0.05, 0.1) is 6.61 Å². The molecule has 0 heterocycles. The zero-order chi connectivity index (χ0) is 13.8. The van der Waals surface area contributed by atoms with Crippen LogP contribution in [0.2, 0.25) is 0 Å². The zero-order valence-electron chi connectivity index (χ0n) is 10.9. The molecule has 0 spiro atoms. The maximum atomic E-state index is 12.0. The molecule has 1 aliphatic rings. The molecule has 5 heteroatoms. The quantitative estimate of drug-likeness (QED) is 0.560. The summed E-state index contributed by atoms with van der Waals surface area (Å²) in [6, 6.07) is 0. The number of hydrogen-bond acceptors (Lipinski definition) is 5. The van der Waals surface area contributed by atoms with Gasteiger partial charge in [0.15, 0.2) is 5.78 Å². The Balaban J connectivity index is 2.73. The van der Waals surface area contributed by atoms with Crippen LogP contribution in [0.25, 0.3) is 0 Å². The molecule has 0 amide bonds. The molecule has 0 aromatic heterocycles. The van der Waals surface area contributed by atoms with Crippen molar-refractivity contribution in [3.05, 3.63) is 11.6 Å². The largest absolute Gasteiger partial charge is 0.465 e. The zero-order valence-corrected chi connectivity index (χ0v) is 10.9. The maximum absolute atomic E-state index is 12.0. The predicted octanol–water partition coefficient (Wildman–Crippen LogP) is 1.41. The fourth-order valence-corrected chi connectivity index (χ4v) is 1.75. The lowest BCUT2D eigenvalue weighted by molar-refractivity contribution is -0.158. The highest BCUT2D eigenvalue weighted by atomic mass is 16.5. The summed E-state index contributed by atoms with van der Waals surface area (Å²) in [6.45, 7) is 4.97. The van der Waals surface area contributed by atoms with Gasteiger partial charge in [-0.3, -0.25) is 14.4 Å². The molecule has 1 atom stereocenters. The number of hydrogen-bond donors (Lipinski definition) is 0. The van der Waals surface area contributed by atoms with Crippen molar-refractivity contribution in [3.8, 4) is 0 Å². The van der Waals surface area contributed by atoms with Crippen molar-refractivity contribution >= 4 is 17.7 Å². The Bertz CT molecular complexity index is 396. The van der Waals surface area contributed by atoms with Gasteiger partial charge >= 0.3 is 11.9 Å². The van der Waals surface area contributed by atoms with Gasteiger partial charge in [-0.25, -0.2) is 0 Å². The Kier molecular flexibility index (Phi) is 4.64. The van der Waals surface area contributed by atoms with Crippen LogP contribution in [0.5, 0.6) is 0 Å². The number of esters is 2. The molecule has 0 aromatic rings. The first kappa shape index (κ1) is 14.4. The van der Waals surface area contributed by atoms with E-state index in [1.54, 1.807) is 13.8 Å². The first-order valence-corrected chi connectivity index (χ1v) is 5.94.